The Balaban J connectivity index is 1.96. The highest BCUT2D eigenvalue weighted by molar-refractivity contribution is 5.78. The zero-order chi connectivity index (χ0) is 12.7. The molecule has 1 fully saturated rings. The molecule has 3 rings (SSSR count). The first-order valence-corrected chi connectivity index (χ1v) is 6.53. The van der Waals surface area contributed by atoms with Crippen molar-refractivity contribution >= 4 is 11.0 Å². The van der Waals surface area contributed by atoms with Crippen molar-refractivity contribution < 1.29 is 13.9 Å². The third-order valence-corrected chi connectivity index (χ3v) is 4.14. The summed E-state index contributed by atoms with van der Waals surface area (Å²) in [6, 6.07) is 6.59. The highest BCUT2D eigenvalue weighted by atomic mass is 19.1. The molecule has 0 amide bonds. The van der Waals surface area contributed by atoms with Gasteiger partial charge in [-0.05, 0) is 30.4 Å². The summed E-state index contributed by atoms with van der Waals surface area (Å²) >= 11 is 0. The third-order valence-electron chi connectivity index (χ3n) is 4.14. The molecule has 0 spiro atoms. The maximum atomic E-state index is 13.5. The van der Waals surface area contributed by atoms with Gasteiger partial charge in [0.15, 0.2) is 11.4 Å². The summed E-state index contributed by atoms with van der Waals surface area (Å²) in [4.78, 5) is 0. The Morgan fingerprint density at radius 1 is 1.39 bits per heavy atom. The van der Waals surface area contributed by atoms with Gasteiger partial charge in [-0.25, -0.2) is 4.39 Å². The van der Waals surface area contributed by atoms with Crippen LogP contribution in [0.25, 0.3) is 11.0 Å². The van der Waals surface area contributed by atoms with Gasteiger partial charge in [-0.3, -0.25) is 0 Å². The normalized spacial score (nSPS) is 25.7. The first-order valence-electron chi connectivity index (χ1n) is 6.53. The van der Waals surface area contributed by atoms with Gasteiger partial charge in [0.2, 0.25) is 0 Å². The number of benzene rings is 1. The van der Waals surface area contributed by atoms with Crippen LogP contribution in [-0.2, 0) is 0 Å². The standard InChI is InChI=1S/C15H17FO2/c1-9-4-2-6-11(9)14(17)13-8-10-5-3-7-12(16)15(10)18-13/h3,5,7-9,11,14,17H,2,4,6H2,1H3. The monoisotopic (exact) mass is 248 g/mol. The molecule has 1 heterocycles. The van der Waals surface area contributed by atoms with Crippen LogP contribution in [0.4, 0.5) is 4.39 Å². The number of aliphatic hydroxyl groups is 1. The van der Waals surface area contributed by atoms with Crippen molar-refractivity contribution in [2.24, 2.45) is 11.8 Å². The Kier molecular flexibility index (Phi) is 2.86. The van der Waals surface area contributed by atoms with E-state index in [1.807, 2.05) is 0 Å². The lowest BCUT2D eigenvalue weighted by molar-refractivity contribution is 0.0709. The Morgan fingerprint density at radius 2 is 2.22 bits per heavy atom. The highest BCUT2D eigenvalue weighted by Gasteiger charge is 2.32. The number of fused-ring (bicyclic) bond motifs is 1. The third kappa shape index (κ3) is 1.83. The second-order valence-corrected chi connectivity index (χ2v) is 5.32. The number of furan rings is 1. The van der Waals surface area contributed by atoms with Gasteiger partial charge < -0.3 is 9.52 Å². The topological polar surface area (TPSA) is 33.4 Å². The SMILES string of the molecule is CC1CCCC1C(O)c1cc2cccc(F)c2o1. The first kappa shape index (κ1) is 11.7. The van der Waals surface area contributed by atoms with Gasteiger partial charge >= 0.3 is 0 Å². The van der Waals surface area contributed by atoms with E-state index in [0.717, 1.165) is 24.6 Å². The predicted molar refractivity (Wildman–Crippen MR) is 67.6 cm³/mol. The molecule has 3 heteroatoms. The fraction of sp³-hybridized carbons (Fsp3) is 0.467. The van der Waals surface area contributed by atoms with Gasteiger partial charge in [0.25, 0.3) is 0 Å². The molecule has 3 atom stereocenters. The molecule has 2 nitrogen and oxygen atoms in total. The summed E-state index contributed by atoms with van der Waals surface area (Å²) in [7, 11) is 0. The fourth-order valence-electron chi connectivity index (χ4n) is 3.05. The smallest absolute Gasteiger partial charge is 0.170 e. The summed E-state index contributed by atoms with van der Waals surface area (Å²) in [5, 5.41) is 11.1. The molecule has 2 aromatic rings. The summed E-state index contributed by atoms with van der Waals surface area (Å²) in [6.45, 7) is 2.16. The molecule has 1 N–H and O–H groups in total. The second-order valence-electron chi connectivity index (χ2n) is 5.32. The lowest BCUT2D eigenvalue weighted by atomic mass is 9.91. The minimum absolute atomic E-state index is 0.230. The Morgan fingerprint density at radius 3 is 2.89 bits per heavy atom. The van der Waals surface area contributed by atoms with Gasteiger partial charge in [-0.1, -0.05) is 31.9 Å². The van der Waals surface area contributed by atoms with Gasteiger partial charge in [0.05, 0.1) is 0 Å². The van der Waals surface area contributed by atoms with E-state index in [2.05, 4.69) is 6.92 Å². The first-order chi connectivity index (χ1) is 8.66. The molecular formula is C15H17FO2. The van der Waals surface area contributed by atoms with Crippen molar-refractivity contribution in [3.05, 3.63) is 35.8 Å². The van der Waals surface area contributed by atoms with Crippen molar-refractivity contribution in [2.75, 3.05) is 0 Å². The van der Waals surface area contributed by atoms with Gasteiger partial charge in [0.1, 0.15) is 11.9 Å². The van der Waals surface area contributed by atoms with Crippen molar-refractivity contribution in [1.82, 2.24) is 0 Å². The minimum atomic E-state index is -0.616. The number of halogens is 1. The molecule has 1 aliphatic carbocycles. The molecule has 0 radical (unpaired) electrons. The molecule has 1 saturated carbocycles. The molecular weight excluding hydrogens is 231 g/mol. The number of hydrogen-bond acceptors (Lipinski definition) is 2. The molecule has 1 aromatic carbocycles. The predicted octanol–water partition coefficient (Wildman–Crippen LogP) is 4.04. The lowest BCUT2D eigenvalue weighted by Gasteiger charge is -2.20. The average molecular weight is 248 g/mol. The zero-order valence-corrected chi connectivity index (χ0v) is 10.4. The van der Waals surface area contributed by atoms with Crippen LogP contribution in [0.2, 0.25) is 0 Å². The quantitative estimate of drug-likeness (QED) is 0.870. The fourth-order valence-corrected chi connectivity index (χ4v) is 3.05. The van der Waals surface area contributed by atoms with Gasteiger partial charge in [-0.2, -0.15) is 0 Å². The van der Waals surface area contributed by atoms with Crippen LogP contribution in [0, 0.1) is 17.7 Å². The van der Waals surface area contributed by atoms with E-state index in [0.29, 0.717) is 11.7 Å². The van der Waals surface area contributed by atoms with E-state index in [4.69, 9.17) is 4.42 Å². The Bertz CT molecular complexity index is 561. The van der Waals surface area contributed by atoms with Crippen LogP contribution in [0.15, 0.2) is 28.7 Å². The summed E-state index contributed by atoms with van der Waals surface area (Å²) in [6.07, 6.45) is 2.70. The molecule has 3 unspecified atom stereocenters. The number of hydrogen-bond donors (Lipinski definition) is 1. The minimum Gasteiger partial charge on any atom is -0.455 e. The maximum absolute atomic E-state index is 13.5. The van der Waals surface area contributed by atoms with Gasteiger partial charge in [-0.15, -0.1) is 0 Å². The van der Waals surface area contributed by atoms with E-state index in [1.165, 1.54) is 6.07 Å². The summed E-state index contributed by atoms with van der Waals surface area (Å²) < 4.78 is 19.0. The molecule has 96 valence electrons. The van der Waals surface area contributed by atoms with Crippen molar-refractivity contribution in [2.45, 2.75) is 32.3 Å². The summed E-state index contributed by atoms with van der Waals surface area (Å²) in [5.41, 5.74) is 0.247. The van der Waals surface area contributed by atoms with Crippen LogP contribution in [0.5, 0.6) is 0 Å². The van der Waals surface area contributed by atoms with Crippen LogP contribution in [-0.4, -0.2) is 5.11 Å². The van der Waals surface area contributed by atoms with E-state index in [1.54, 1.807) is 18.2 Å². The van der Waals surface area contributed by atoms with E-state index in [9.17, 15) is 9.50 Å². The lowest BCUT2D eigenvalue weighted by Crippen LogP contribution is -2.14. The summed E-state index contributed by atoms with van der Waals surface area (Å²) in [5.74, 6) is 0.853. The Hall–Kier alpha value is -1.35. The van der Waals surface area contributed by atoms with Crippen LogP contribution >= 0.6 is 0 Å². The molecule has 0 saturated heterocycles. The van der Waals surface area contributed by atoms with Crippen molar-refractivity contribution in [1.29, 1.82) is 0 Å². The second kappa shape index (κ2) is 4.39. The molecule has 0 bridgehead atoms. The molecule has 18 heavy (non-hydrogen) atoms. The maximum Gasteiger partial charge on any atom is 0.170 e. The molecule has 1 aliphatic rings. The van der Waals surface area contributed by atoms with Crippen LogP contribution < -0.4 is 0 Å². The molecule has 0 aliphatic heterocycles. The number of rotatable bonds is 2. The van der Waals surface area contributed by atoms with Crippen molar-refractivity contribution in [3.63, 3.8) is 0 Å². The average Bonchev–Trinajstić information content (AvgIpc) is 2.95. The van der Waals surface area contributed by atoms with Crippen LogP contribution in [0.1, 0.15) is 38.1 Å². The highest BCUT2D eigenvalue weighted by Crippen LogP contribution is 2.41. The molecule has 1 aromatic heterocycles. The zero-order valence-electron chi connectivity index (χ0n) is 10.4. The van der Waals surface area contributed by atoms with E-state index in [-0.39, 0.29) is 17.3 Å². The van der Waals surface area contributed by atoms with Crippen molar-refractivity contribution in [3.8, 4) is 0 Å². The Labute approximate surface area is 105 Å². The number of para-hydroxylation sites is 1. The van der Waals surface area contributed by atoms with E-state index >= 15 is 0 Å². The number of aliphatic hydroxyl groups excluding tert-OH is 1. The van der Waals surface area contributed by atoms with Gasteiger partial charge in [0, 0.05) is 5.39 Å². The van der Waals surface area contributed by atoms with Crippen LogP contribution in [0.3, 0.4) is 0 Å². The van der Waals surface area contributed by atoms with E-state index < -0.39 is 6.10 Å². The largest absolute Gasteiger partial charge is 0.455 e.